The van der Waals surface area contributed by atoms with Crippen LogP contribution in [0.1, 0.15) is 34.7 Å². The maximum Gasteiger partial charge on any atom is 0.455 e. The van der Waals surface area contributed by atoms with Crippen molar-refractivity contribution in [3.8, 4) is 11.5 Å². The molecule has 2 aliphatic heterocycles. The quantitative estimate of drug-likeness (QED) is 0.262. The largest absolute Gasteiger partial charge is 0.507 e. The first-order chi connectivity index (χ1) is 15.3. The molecule has 3 fully saturated rings. The number of rotatable bonds is 8. The van der Waals surface area contributed by atoms with Crippen LogP contribution in [0.2, 0.25) is 5.82 Å². The molecule has 174 valence electrons. The molecule has 32 heavy (non-hydrogen) atoms. The first-order valence-corrected chi connectivity index (χ1v) is 10.7. The van der Waals surface area contributed by atoms with Crippen LogP contribution in [0, 0.1) is 0 Å². The van der Waals surface area contributed by atoms with E-state index in [0.717, 1.165) is 0 Å². The Labute approximate surface area is 185 Å². The van der Waals surface area contributed by atoms with Crippen molar-refractivity contribution in [2.75, 3.05) is 32.8 Å². The summed E-state index contributed by atoms with van der Waals surface area (Å²) in [5.41, 5.74) is 5.58. The predicted octanol–water partition coefficient (Wildman–Crippen LogP) is -1.28. The normalized spacial score (nSPS) is 27.5. The van der Waals surface area contributed by atoms with Crippen LogP contribution >= 0.6 is 0 Å². The summed E-state index contributed by atoms with van der Waals surface area (Å²) in [4.78, 5) is 25.8. The molecule has 2 heterocycles. The Morgan fingerprint density at radius 1 is 1.31 bits per heavy atom. The molecule has 2 unspecified atom stereocenters. The minimum atomic E-state index is -1.51. The van der Waals surface area contributed by atoms with E-state index in [1.807, 2.05) is 0 Å². The van der Waals surface area contributed by atoms with Gasteiger partial charge < -0.3 is 45.7 Å². The molecule has 4 rings (SSSR count). The Kier molecular flexibility index (Phi) is 6.58. The fourth-order valence-corrected chi connectivity index (χ4v) is 4.27. The van der Waals surface area contributed by atoms with Gasteiger partial charge in [-0.1, -0.05) is 6.07 Å². The standard InChI is InChI=1S/C20H28BN3O8/c22-5-10-9-31-11(6-23-10)3-17(25)24-7-12(8-24)32-16-2-1-13(14-4-15(14)21(29)30)19(26)18(16)20(27)28/h1-2,10-12,14-15,23,26,29-30H,3-9,22H2,(H,27,28)/t10?,11?,14-,15-/m1/s1. The molecular weight excluding hydrogens is 421 g/mol. The highest BCUT2D eigenvalue weighted by molar-refractivity contribution is 6.44. The fraction of sp³-hybridized carbons (Fsp3) is 0.600. The number of aromatic hydroxyl groups is 1. The molecule has 1 saturated carbocycles. The molecule has 7 N–H and O–H groups in total. The summed E-state index contributed by atoms with van der Waals surface area (Å²) in [5.74, 6) is -2.55. The Hall–Kier alpha value is -2.38. The number of phenols is 1. The Morgan fingerprint density at radius 2 is 2.06 bits per heavy atom. The maximum atomic E-state index is 12.4. The maximum absolute atomic E-state index is 12.4. The second-order valence-corrected chi connectivity index (χ2v) is 8.64. The van der Waals surface area contributed by atoms with Gasteiger partial charge in [-0.2, -0.15) is 0 Å². The van der Waals surface area contributed by atoms with Crippen molar-refractivity contribution in [2.24, 2.45) is 5.73 Å². The van der Waals surface area contributed by atoms with E-state index in [9.17, 15) is 29.9 Å². The molecule has 1 aliphatic carbocycles. The first kappa shape index (κ1) is 22.8. The fourth-order valence-electron chi connectivity index (χ4n) is 4.27. The number of morpholine rings is 1. The lowest BCUT2D eigenvalue weighted by molar-refractivity contribution is -0.143. The van der Waals surface area contributed by atoms with Crippen molar-refractivity contribution >= 4 is 19.0 Å². The number of aromatic carboxylic acids is 1. The third kappa shape index (κ3) is 4.69. The molecule has 1 amide bonds. The minimum Gasteiger partial charge on any atom is -0.507 e. The predicted molar refractivity (Wildman–Crippen MR) is 113 cm³/mol. The van der Waals surface area contributed by atoms with Crippen LogP contribution in [0.25, 0.3) is 0 Å². The number of hydrogen-bond acceptors (Lipinski definition) is 9. The minimum absolute atomic E-state index is 0.0187. The van der Waals surface area contributed by atoms with Crippen molar-refractivity contribution in [1.82, 2.24) is 10.2 Å². The van der Waals surface area contributed by atoms with Crippen molar-refractivity contribution in [3.63, 3.8) is 0 Å². The van der Waals surface area contributed by atoms with Gasteiger partial charge in [0.2, 0.25) is 5.91 Å². The summed E-state index contributed by atoms with van der Waals surface area (Å²) in [6.45, 7) is 2.13. The van der Waals surface area contributed by atoms with Gasteiger partial charge in [0.1, 0.15) is 23.2 Å². The summed E-state index contributed by atoms with van der Waals surface area (Å²) < 4.78 is 11.4. The first-order valence-electron chi connectivity index (χ1n) is 10.7. The lowest BCUT2D eigenvalue weighted by Crippen LogP contribution is -2.57. The van der Waals surface area contributed by atoms with E-state index in [4.69, 9.17) is 15.2 Å². The van der Waals surface area contributed by atoms with Gasteiger partial charge in [-0.05, 0) is 24.0 Å². The Morgan fingerprint density at radius 3 is 2.62 bits per heavy atom. The van der Waals surface area contributed by atoms with Crippen LogP contribution in [0.3, 0.4) is 0 Å². The number of nitrogens with two attached hydrogens (primary N) is 1. The van der Waals surface area contributed by atoms with Gasteiger partial charge in [-0.15, -0.1) is 0 Å². The van der Waals surface area contributed by atoms with Crippen molar-refractivity contribution in [3.05, 3.63) is 23.3 Å². The molecule has 2 saturated heterocycles. The summed E-state index contributed by atoms with van der Waals surface area (Å²) in [6.07, 6.45) is 0.1000. The van der Waals surface area contributed by atoms with Crippen molar-refractivity contribution in [2.45, 2.75) is 42.8 Å². The number of nitrogens with one attached hydrogen (secondary N) is 1. The van der Waals surface area contributed by atoms with Crippen LogP contribution < -0.4 is 15.8 Å². The smallest absolute Gasteiger partial charge is 0.455 e. The van der Waals surface area contributed by atoms with Crippen LogP contribution in [0.5, 0.6) is 11.5 Å². The molecule has 0 bridgehead atoms. The molecule has 11 nitrogen and oxygen atoms in total. The molecule has 4 atom stereocenters. The highest BCUT2D eigenvalue weighted by atomic mass is 16.5. The van der Waals surface area contributed by atoms with Gasteiger partial charge in [0.15, 0.2) is 0 Å². The Bertz CT molecular complexity index is 871. The van der Waals surface area contributed by atoms with E-state index in [2.05, 4.69) is 5.32 Å². The number of likely N-dealkylation sites (tertiary alicyclic amines) is 1. The number of nitrogens with zero attached hydrogens (tertiary/aromatic N) is 1. The lowest BCUT2D eigenvalue weighted by Gasteiger charge is -2.40. The lowest BCUT2D eigenvalue weighted by atomic mass is 9.81. The number of ether oxygens (including phenoxy) is 2. The average molecular weight is 449 g/mol. The highest BCUT2D eigenvalue weighted by Gasteiger charge is 2.48. The number of carbonyl (C=O) groups is 2. The number of carbonyl (C=O) groups excluding carboxylic acids is 1. The third-order valence-corrected chi connectivity index (χ3v) is 6.36. The number of hydrogen-bond donors (Lipinski definition) is 6. The second-order valence-electron chi connectivity index (χ2n) is 8.64. The zero-order valence-corrected chi connectivity index (χ0v) is 17.5. The summed E-state index contributed by atoms with van der Waals surface area (Å²) in [7, 11) is -1.51. The van der Waals surface area contributed by atoms with Gasteiger partial charge in [-0.25, -0.2) is 4.79 Å². The van der Waals surface area contributed by atoms with E-state index in [0.29, 0.717) is 44.8 Å². The number of carboxylic acid groups (broad SMARTS) is 1. The van der Waals surface area contributed by atoms with Gasteiger partial charge >= 0.3 is 13.1 Å². The van der Waals surface area contributed by atoms with Crippen LogP contribution in [-0.4, -0.2) is 95.2 Å². The van der Waals surface area contributed by atoms with Crippen molar-refractivity contribution in [1.29, 1.82) is 0 Å². The zero-order valence-electron chi connectivity index (χ0n) is 17.5. The van der Waals surface area contributed by atoms with Crippen LogP contribution in [0.15, 0.2) is 12.1 Å². The average Bonchev–Trinajstić information content (AvgIpc) is 3.51. The van der Waals surface area contributed by atoms with Gasteiger partial charge in [-0.3, -0.25) is 4.79 Å². The van der Waals surface area contributed by atoms with Gasteiger partial charge in [0.05, 0.1) is 32.2 Å². The second kappa shape index (κ2) is 9.24. The molecule has 1 aromatic rings. The van der Waals surface area contributed by atoms with E-state index < -0.39 is 24.7 Å². The van der Waals surface area contributed by atoms with E-state index in [1.54, 1.807) is 11.0 Å². The number of benzene rings is 1. The monoisotopic (exact) mass is 449 g/mol. The van der Waals surface area contributed by atoms with E-state index in [1.165, 1.54) is 6.07 Å². The number of carboxylic acids is 1. The number of amides is 1. The molecule has 0 spiro atoms. The van der Waals surface area contributed by atoms with E-state index >= 15 is 0 Å². The molecular formula is C20H28BN3O8. The summed E-state index contributed by atoms with van der Waals surface area (Å²) in [5, 5.41) is 41.9. The summed E-state index contributed by atoms with van der Waals surface area (Å²) in [6, 6.07) is 3.12. The topological polar surface area (TPSA) is 175 Å². The summed E-state index contributed by atoms with van der Waals surface area (Å²) >= 11 is 0. The van der Waals surface area contributed by atoms with Gasteiger partial charge in [0.25, 0.3) is 0 Å². The van der Waals surface area contributed by atoms with E-state index in [-0.39, 0.29) is 47.8 Å². The third-order valence-electron chi connectivity index (χ3n) is 6.36. The molecule has 12 heteroatoms. The molecule has 1 aromatic carbocycles. The van der Waals surface area contributed by atoms with Crippen LogP contribution in [0.4, 0.5) is 0 Å². The van der Waals surface area contributed by atoms with Crippen molar-refractivity contribution < 1.29 is 39.3 Å². The Balaban J connectivity index is 1.32. The SMILES string of the molecule is NCC1COC(CC(=O)N2CC(Oc3ccc([C@H]4C[C@H]4B(O)O)c(O)c3C(=O)O)C2)CN1. The zero-order chi connectivity index (χ0) is 23.0. The molecule has 0 radical (unpaired) electrons. The van der Waals surface area contributed by atoms with Crippen LogP contribution in [-0.2, 0) is 9.53 Å². The molecule has 0 aromatic heterocycles. The molecule has 3 aliphatic rings. The highest BCUT2D eigenvalue weighted by Crippen LogP contribution is 2.56. The van der Waals surface area contributed by atoms with Gasteiger partial charge in [0, 0.05) is 24.9 Å².